The van der Waals surface area contributed by atoms with Crippen molar-refractivity contribution in [2.45, 2.75) is 16.8 Å². The van der Waals surface area contributed by atoms with Crippen LogP contribution < -0.4 is 4.72 Å². The Balaban J connectivity index is 3.15. The molecule has 0 aliphatic rings. The van der Waals surface area contributed by atoms with Crippen molar-refractivity contribution in [3.63, 3.8) is 0 Å². The number of nitrogens with one attached hydrogen (secondary N) is 1. The van der Waals surface area contributed by atoms with Crippen molar-refractivity contribution in [3.05, 3.63) is 18.3 Å². The third-order valence-electron chi connectivity index (χ3n) is 1.60. The number of pyridine rings is 1. The van der Waals surface area contributed by atoms with E-state index in [1.165, 1.54) is 0 Å². The van der Waals surface area contributed by atoms with Gasteiger partial charge in [-0.2, -0.15) is 0 Å². The molecule has 0 bridgehead atoms. The summed E-state index contributed by atoms with van der Waals surface area (Å²) >= 11 is 0. The number of rotatable bonds is 4. The largest absolute Gasteiger partial charge is 0.278 e. The van der Waals surface area contributed by atoms with E-state index in [1.54, 1.807) is 6.92 Å². The van der Waals surface area contributed by atoms with Gasteiger partial charge in [0.15, 0.2) is 5.03 Å². The van der Waals surface area contributed by atoms with Crippen LogP contribution in [0, 0.1) is 0 Å². The van der Waals surface area contributed by atoms with Gasteiger partial charge in [0.2, 0.25) is 10.0 Å². The molecule has 0 radical (unpaired) electrons. The molecule has 1 aromatic heterocycles. The van der Waals surface area contributed by atoms with Crippen molar-refractivity contribution >= 4 is 29.8 Å². The lowest BCUT2D eigenvalue weighted by Gasteiger charge is -2.03. The highest BCUT2D eigenvalue weighted by Gasteiger charge is 2.16. The monoisotopic (exact) mass is 284 g/mol. The van der Waals surface area contributed by atoms with Gasteiger partial charge in [0.25, 0.3) is 9.05 Å². The molecule has 1 N–H and O–H groups in total. The Morgan fingerprint density at radius 2 is 1.94 bits per heavy atom. The van der Waals surface area contributed by atoms with Gasteiger partial charge in [0, 0.05) is 23.4 Å². The number of aromatic nitrogens is 1. The maximum absolute atomic E-state index is 11.5. The minimum atomic E-state index is -3.93. The number of halogens is 1. The standard InChI is InChI=1S/C7H9ClN2O4S2/c1-2-10-16(13,14)6-3-4-7(9-5-6)15(8,11)12/h3-5,10H,2H2,1H3. The van der Waals surface area contributed by atoms with Gasteiger partial charge in [-0.25, -0.2) is 26.5 Å². The highest BCUT2D eigenvalue weighted by atomic mass is 35.7. The van der Waals surface area contributed by atoms with Crippen LogP contribution in [0.1, 0.15) is 6.92 Å². The Morgan fingerprint density at radius 1 is 1.31 bits per heavy atom. The zero-order chi connectivity index (χ0) is 12.4. The summed E-state index contributed by atoms with van der Waals surface area (Å²) in [5, 5.41) is -0.385. The Kier molecular flexibility index (Phi) is 3.89. The van der Waals surface area contributed by atoms with Crippen LogP contribution >= 0.6 is 10.7 Å². The smallest absolute Gasteiger partial charge is 0.242 e. The molecule has 6 nitrogen and oxygen atoms in total. The van der Waals surface area contributed by atoms with E-state index in [0.717, 1.165) is 18.3 Å². The normalized spacial score (nSPS) is 12.6. The quantitative estimate of drug-likeness (QED) is 0.803. The number of nitrogens with zero attached hydrogens (tertiary/aromatic N) is 1. The van der Waals surface area contributed by atoms with Crippen LogP contribution in [0.4, 0.5) is 0 Å². The summed E-state index contributed by atoms with van der Waals surface area (Å²) in [7, 11) is -2.52. The van der Waals surface area contributed by atoms with Crippen LogP contribution in [0.25, 0.3) is 0 Å². The van der Waals surface area contributed by atoms with E-state index < -0.39 is 19.1 Å². The van der Waals surface area contributed by atoms with E-state index >= 15 is 0 Å². The summed E-state index contributed by atoms with van der Waals surface area (Å²) in [5.41, 5.74) is 0. The van der Waals surface area contributed by atoms with Gasteiger partial charge in [-0.05, 0) is 12.1 Å². The molecule has 0 aliphatic carbocycles. The molecule has 1 rings (SSSR count). The summed E-state index contributed by atoms with van der Waals surface area (Å²) in [5.74, 6) is 0. The van der Waals surface area contributed by atoms with E-state index in [-0.39, 0.29) is 16.5 Å². The minimum Gasteiger partial charge on any atom is -0.242 e. The Hall–Kier alpha value is -0.700. The predicted molar refractivity (Wildman–Crippen MR) is 58.1 cm³/mol. The zero-order valence-corrected chi connectivity index (χ0v) is 10.6. The van der Waals surface area contributed by atoms with E-state index in [9.17, 15) is 16.8 Å². The van der Waals surface area contributed by atoms with Gasteiger partial charge in [-0.15, -0.1) is 0 Å². The summed E-state index contributed by atoms with van der Waals surface area (Å²) in [4.78, 5) is 3.35. The molecule has 90 valence electrons. The minimum absolute atomic E-state index is 0.113. The van der Waals surface area contributed by atoms with Crippen LogP contribution in [0.2, 0.25) is 0 Å². The van der Waals surface area contributed by atoms with E-state index in [2.05, 4.69) is 9.71 Å². The van der Waals surface area contributed by atoms with Crippen molar-refractivity contribution in [1.82, 2.24) is 9.71 Å². The van der Waals surface area contributed by atoms with E-state index in [4.69, 9.17) is 10.7 Å². The first kappa shape index (κ1) is 13.4. The Labute approximate surface area is 98.1 Å². The fourth-order valence-corrected chi connectivity index (χ4v) is 2.61. The highest BCUT2D eigenvalue weighted by Crippen LogP contribution is 2.14. The summed E-state index contributed by atoms with van der Waals surface area (Å²) in [6, 6.07) is 2.16. The summed E-state index contributed by atoms with van der Waals surface area (Å²) < 4.78 is 46.9. The fourth-order valence-electron chi connectivity index (χ4n) is 0.943. The van der Waals surface area contributed by atoms with E-state index in [0.29, 0.717) is 0 Å². The summed E-state index contributed by atoms with van der Waals surface area (Å²) in [6.45, 7) is 1.86. The Morgan fingerprint density at radius 3 is 2.31 bits per heavy atom. The highest BCUT2D eigenvalue weighted by molar-refractivity contribution is 8.13. The van der Waals surface area contributed by atoms with Gasteiger partial charge >= 0.3 is 0 Å². The van der Waals surface area contributed by atoms with Crippen LogP contribution in [-0.2, 0) is 19.1 Å². The first-order valence-corrected chi connectivity index (χ1v) is 7.97. The maximum atomic E-state index is 11.5. The first-order chi connectivity index (χ1) is 7.27. The molecule has 0 spiro atoms. The molecule has 0 atom stereocenters. The van der Waals surface area contributed by atoms with Crippen molar-refractivity contribution in [3.8, 4) is 0 Å². The van der Waals surface area contributed by atoms with Gasteiger partial charge < -0.3 is 0 Å². The van der Waals surface area contributed by atoms with Gasteiger partial charge in [0.1, 0.15) is 4.90 Å². The number of sulfonamides is 1. The Bertz CT molecular complexity index is 565. The number of hydrogen-bond donors (Lipinski definition) is 1. The first-order valence-electron chi connectivity index (χ1n) is 4.18. The third kappa shape index (κ3) is 3.14. The molecule has 9 heteroatoms. The van der Waals surface area contributed by atoms with Crippen molar-refractivity contribution in [2.24, 2.45) is 0 Å². The lowest BCUT2D eigenvalue weighted by atomic mass is 10.5. The molecule has 0 saturated heterocycles. The molecule has 16 heavy (non-hydrogen) atoms. The molecule has 1 heterocycles. The van der Waals surface area contributed by atoms with Gasteiger partial charge in [-0.1, -0.05) is 6.92 Å². The molecular formula is C7H9ClN2O4S2. The average molecular weight is 285 g/mol. The second-order valence-corrected chi connectivity index (χ2v) is 7.05. The molecule has 0 amide bonds. The van der Waals surface area contributed by atoms with Gasteiger partial charge in [0.05, 0.1) is 0 Å². The second kappa shape index (κ2) is 4.66. The molecule has 0 aromatic carbocycles. The molecular weight excluding hydrogens is 276 g/mol. The SMILES string of the molecule is CCNS(=O)(=O)c1ccc(S(=O)(=O)Cl)nc1. The lowest BCUT2D eigenvalue weighted by Crippen LogP contribution is -2.23. The van der Waals surface area contributed by atoms with Crippen LogP contribution in [0.3, 0.4) is 0 Å². The molecule has 0 saturated carbocycles. The van der Waals surface area contributed by atoms with Crippen LogP contribution in [0.15, 0.2) is 28.3 Å². The topological polar surface area (TPSA) is 93.2 Å². The second-order valence-electron chi connectivity index (χ2n) is 2.77. The zero-order valence-electron chi connectivity index (χ0n) is 8.21. The average Bonchev–Trinajstić information content (AvgIpc) is 2.16. The van der Waals surface area contributed by atoms with Crippen molar-refractivity contribution in [2.75, 3.05) is 6.54 Å². The lowest BCUT2D eigenvalue weighted by molar-refractivity contribution is 0.582. The van der Waals surface area contributed by atoms with E-state index in [1.807, 2.05) is 0 Å². The van der Waals surface area contributed by atoms with Gasteiger partial charge in [-0.3, -0.25) is 0 Å². The van der Waals surface area contributed by atoms with Crippen LogP contribution in [-0.4, -0.2) is 28.4 Å². The predicted octanol–water partition coefficient (Wildman–Crippen LogP) is 0.307. The fraction of sp³-hybridized carbons (Fsp3) is 0.286. The molecule has 0 fully saturated rings. The molecule has 0 unspecified atom stereocenters. The third-order valence-corrected chi connectivity index (χ3v) is 4.35. The molecule has 0 aliphatic heterocycles. The van der Waals surface area contributed by atoms with Crippen molar-refractivity contribution in [1.29, 1.82) is 0 Å². The van der Waals surface area contributed by atoms with Crippen molar-refractivity contribution < 1.29 is 16.8 Å². The molecule has 1 aromatic rings. The maximum Gasteiger partial charge on any atom is 0.278 e. The number of hydrogen-bond acceptors (Lipinski definition) is 5. The van der Waals surface area contributed by atoms with Crippen LogP contribution in [0.5, 0.6) is 0 Å². The summed E-state index contributed by atoms with van der Waals surface area (Å²) in [6.07, 6.45) is 0.938.